The minimum absolute atomic E-state index is 0. The van der Waals surface area contributed by atoms with Gasteiger partial charge in [0.25, 0.3) is 0 Å². The van der Waals surface area contributed by atoms with Crippen LogP contribution in [0.5, 0.6) is 0 Å². The van der Waals surface area contributed by atoms with E-state index >= 15 is 0 Å². The summed E-state index contributed by atoms with van der Waals surface area (Å²) in [4.78, 5) is 28.4. The molecule has 1 amide bonds. The number of carbonyl (C=O) groups excluding carboxylic acids is 2. The number of allylic oxidation sites excluding steroid dienone is 12. The highest BCUT2D eigenvalue weighted by molar-refractivity contribution is 5.70. The molecule has 0 heterocycles. The second-order valence-electron chi connectivity index (χ2n) is 21.4. The summed E-state index contributed by atoms with van der Waals surface area (Å²) in [5, 5.41) is 0. The first-order valence-corrected chi connectivity index (χ1v) is 30.0. The molecule has 0 spiro atoms. The van der Waals surface area contributed by atoms with Crippen LogP contribution in [0.25, 0.3) is 0 Å². The monoisotopic (exact) mass is 1010 g/mol. The summed E-state index contributed by atoms with van der Waals surface area (Å²) >= 11 is 0. The lowest BCUT2D eigenvalue weighted by atomic mass is 9.93. The van der Waals surface area contributed by atoms with Crippen LogP contribution < -0.4 is 12.4 Å². The smallest absolute Gasteiger partial charge is 0.412 e. The van der Waals surface area contributed by atoms with Gasteiger partial charge in [0.05, 0.1) is 34.3 Å². The fourth-order valence-electron chi connectivity index (χ4n) is 8.75. The van der Waals surface area contributed by atoms with Crippen LogP contribution >= 0.6 is 0 Å². The van der Waals surface area contributed by atoms with Crippen molar-refractivity contribution >= 4 is 12.1 Å². The number of rotatable bonds is 52. The molecule has 0 unspecified atom stereocenters. The molecule has 71 heavy (non-hydrogen) atoms. The van der Waals surface area contributed by atoms with Crippen LogP contribution in [0.2, 0.25) is 0 Å². The van der Waals surface area contributed by atoms with Crippen LogP contribution in [0.15, 0.2) is 72.9 Å². The Balaban J connectivity index is 0. The van der Waals surface area contributed by atoms with Crippen molar-refractivity contribution in [1.82, 2.24) is 4.90 Å². The van der Waals surface area contributed by atoms with E-state index in [1.807, 2.05) is 0 Å². The normalized spacial score (nSPS) is 12.3. The molecule has 0 aromatic heterocycles. The third-order valence-electron chi connectivity index (χ3n) is 13.3. The molecular weight excluding hydrogens is 896 g/mol. The van der Waals surface area contributed by atoms with Gasteiger partial charge in [-0.3, -0.25) is 9.69 Å². The molecular formula is C64H117ClN2O4. The van der Waals surface area contributed by atoms with Gasteiger partial charge in [0.1, 0.15) is 0 Å². The van der Waals surface area contributed by atoms with E-state index in [1.165, 1.54) is 180 Å². The van der Waals surface area contributed by atoms with Gasteiger partial charge in [-0.25, -0.2) is 4.79 Å². The molecule has 0 fully saturated rings. The van der Waals surface area contributed by atoms with Crippen molar-refractivity contribution in [1.29, 1.82) is 0 Å². The van der Waals surface area contributed by atoms with Crippen LogP contribution in [0.4, 0.5) is 4.79 Å². The standard InChI is InChI=1S/C64H117N2O4.ClH/c1-7-10-13-16-19-22-25-28-31-34-36-39-42-45-48-51-55-62(56-52-49-46-43-40-37-35-32-29-26-23-20-17-14-11-8-2)60-65(64(68)69-59-54-58-66(4,5)6)61-70-63(67)57-53-50-47-44-41-38-33-30-27-24-21-18-15-12-9-3;/h19-24,28-33,62H,7-18,25-27,34-61H2,1-6H3;1H/q+1;/p-1/b22-19-,23-20-,24-21-,31-28-,32-29-,33-30-;. The molecule has 0 aliphatic heterocycles. The second kappa shape index (κ2) is 56.7. The Bertz CT molecular complexity index is 1270. The number of esters is 1. The van der Waals surface area contributed by atoms with Gasteiger partial charge in [-0.2, -0.15) is 0 Å². The number of unbranched alkanes of at least 4 members (excludes halogenated alkanes) is 26. The maximum Gasteiger partial charge on any atom is 0.412 e. The predicted molar refractivity (Wildman–Crippen MR) is 307 cm³/mol. The lowest BCUT2D eigenvalue weighted by Gasteiger charge is -2.27. The largest absolute Gasteiger partial charge is 1.00 e. The number of hydrogen-bond acceptors (Lipinski definition) is 4. The summed E-state index contributed by atoms with van der Waals surface area (Å²) < 4.78 is 12.5. The van der Waals surface area contributed by atoms with Crippen molar-refractivity contribution in [3.05, 3.63) is 72.9 Å². The summed E-state index contributed by atoms with van der Waals surface area (Å²) in [6.45, 7) is 8.66. The second-order valence-corrected chi connectivity index (χ2v) is 21.4. The Morgan fingerprint density at radius 3 is 1.13 bits per heavy atom. The molecule has 0 aliphatic carbocycles. The molecule has 7 heteroatoms. The van der Waals surface area contributed by atoms with Crippen LogP contribution in [0, 0.1) is 5.92 Å². The summed E-state index contributed by atoms with van der Waals surface area (Å²) in [5.74, 6) is 0.163. The van der Waals surface area contributed by atoms with E-state index in [0.717, 1.165) is 75.2 Å². The van der Waals surface area contributed by atoms with Gasteiger partial charge in [0.15, 0.2) is 6.73 Å². The number of quaternary nitrogens is 1. The molecule has 0 rings (SSSR count). The molecule has 0 saturated heterocycles. The predicted octanol–water partition coefficient (Wildman–Crippen LogP) is 16.9. The Hall–Kier alpha value is -2.57. The average molecular weight is 1010 g/mol. The molecule has 0 aliphatic rings. The fraction of sp³-hybridized carbons (Fsp3) is 0.781. The first kappa shape index (κ1) is 70.5. The van der Waals surface area contributed by atoms with E-state index in [-0.39, 0.29) is 31.2 Å². The number of ether oxygens (including phenoxy) is 2. The fourth-order valence-corrected chi connectivity index (χ4v) is 8.75. The number of amides is 1. The first-order valence-electron chi connectivity index (χ1n) is 30.0. The van der Waals surface area contributed by atoms with E-state index in [0.29, 0.717) is 25.5 Å². The van der Waals surface area contributed by atoms with E-state index in [2.05, 4.69) is 115 Å². The molecule has 414 valence electrons. The highest BCUT2D eigenvalue weighted by Crippen LogP contribution is 2.22. The van der Waals surface area contributed by atoms with Crippen molar-refractivity contribution in [3.63, 3.8) is 0 Å². The van der Waals surface area contributed by atoms with Crippen molar-refractivity contribution < 1.29 is 36.0 Å². The summed E-state index contributed by atoms with van der Waals surface area (Å²) in [5.41, 5.74) is 0. The minimum atomic E-state index is -0.342. The Morgan fingerprint density at radius 2 is 0.761 bits per heavy atom. The molecule has 0 radical (unpaired) electrons. The van der Waals surface area contributed by atoms with E-state index in [9.17, 15) is 9.59 Å². The van der Waals surface area contributed by atoms with Gasteiger partial charge < -0.3 is 26.4 Å². The number of carbonyl (C=O) groups is 2. The van der Waals surface area contributed by atoms with E-state index in [4.69, 9.17) is 9.47 Å². The van der Waals surface area contributed by atoms with Crippen LogP contribution in [0.1, 0.15) is 271 Å². The number of nitrogens with zero attached hydrogens (tertiary/aromatic N) is 2. The quantitative estimate of drug-likeness (QED) is 0.0200. The van der Waals surface area contributed by atoms with Crippen LogP contribution in [-0.4, -0.2) is 69.0 Å². The Morgan fingerprint density at radius 1 is 0.423 bits per heavy atom. The third-order valence-corrected chi connectivity index (χ3v) is 13.3. The lowest BCUT2D eigenvalue weighted by molar-refractivity contribution is -0.870. The number of hydrogen-bond donors (Lipinski definition) is 0. The molecule has 0 aromatic carbocycles. The summed E-state index contributed by atoms with van der Waals surface area (Å²) in [6.07, 6.45) is 73.5. The topological polar surface area (TPSA) is 55.8 Å². The Kier molecular flexibility index (Phi) is 56.3. The highest BCUT2D eigenvalue weighted by Gasteiger charge is 2.22. The summed E-state index contributed by atoms with van der Waals surface area (Å²) in [7, 11) is 6.48. The highest BCUT2D eigenvalue weighted by atomic mass is 35.5. The molecule has 0 N–H and O–H groups in total. The van der Waals surface area contributed by atoms with E-state index < -0.39 is 0 Å². The third kappa shape index (κ3) is 56.6. The van der Waals surface area contributed by atoms with Crippen molar-refractivity contribution in [2.45, 2.75) is 271 Å². The summed E-state index contributed by atoms with van der Waals surface area (Å²) in [6, 6.07) is 0. The molecule has 0 atom stereocenters. The maximum absolute atomic E-state index is 13.7. The first-order chi connectivity index (χ1) is 34.2. The zero-order valence-electron chi connectivity index (χ0n) is 47.8. The molecule has 0 aromatic rings. The molecule has 6 nitrogen and oxygen atoms in total. The van der Waals surface area contributed by atoms with Gasteiger partial charge in [0.2, 0.25) is 0 Å². The average Bonchev–Trinajstić information content (AvgIpc) is 3.34. The SMILES string of the molecule is CCCCC/C=C\C/C=C\CCCCCCCCC(CCCCCCCC/C=C\C/C=C\CCCCC)CN(COC(=O)CCCCCCC/C=C\C/C=C\CCCCC)C(=O)OCCC[N+](C)(C)C.[Cl-]. The zero-order valence-corrected chi connectivity index (χ0v) is 48.6. The van der Waals surface area contributed by atoms with Gasteiger partial charge >= 0.3 is 12.1 Å². The van der Waals surface area contributed by atoms with Gasteiger partial charge in [-0.15, -0.1) is 0 Å². The van der Waals surface area contributed by atoms with Crippen LogP contribution in [-0.2, 0) is 14.3 Å². The lowest BCUT2D eigenvalue weighted by Crippen LogP contribution is -3.00. The van der Waals surface area contributed by atoms with Crippen molar-refractivity contribution in [3.8, 4) is 0 Å². The molecule has 0 bridgehead atoms. The Labute approximate surface area is 448 Å². The molecule has 0 saturated carbocycles. The van der Waals surface area contributed by atoms with Gasteiger partial charge in [-0.1, -0.05) is 216 Å². The van der Waals surface area contributed by atoms with Crippen molar-refractivity contribution in [2.75, 3.05) is 47.6 Å². The van der Waals surface area contributed by atoms with Crippen LogP contribution in [0.3, 0.4) is 0 Å². The minimum Gasteiger partial charge on any atom is -1.00 e. The van der Waals surface area contributed by atoms with Gasteiger partial charge in [-0.05, 0) is 121 Å². The zero-order chi connectivity index (χ0) is 51.1. The van der Waals surface area contributed by atoms with Gasteiger partial charge in [0, 0.05) is 19.4 Å². The number of halogens is 1. The maximum atomic E-state index is 13.7. The van der Waals surface area contributed by atoms with Crippen molar-refractivity contribution in [2.24, 2.45) is 5.92 Å². The van der Waals surface area contributed by atoms with E-state index in [1.54, 1.807) is 4.90 Å².